The summed E-state index contributed by atoms with van der Waals surface area (Å²) in [7, 11) is 0. The Morgan fingerprint density at radius 3 is 2.89 bits per heavy atom. The standard InChI is InChI=1S/C13H17N5S/c1-9-14-4-5-17(9)6-10-7-18(8-10)13-15-12(16-19-13)11-2-3-11/h4-5,10-11H,2-3,6-8H2,1H3. The van der Waals surface area contributed by atoms with Crippen LogP contribution in [0.5, 0.6) is 0 Å². The van der Waals surface area contributed by atoms with Crippen molar-refractivity contribution in [2.45, 2.75) is 32.2 Å². The van der Waals surface area contributed by atoms with E-state index in [2.05, 4.69) is 36.9 Å². The molecule has 100 valence electrons. The number of anilines is 1. The summed E-state index contributed by atoms with van der Waals surface area (Å²) in [5.74, 6) is 3.55. The molecule has 0 atom stereocenters. The van der Waals surface area contributed by atoms with E-state index in [9.17, 15) is 0 Å². The predicted molar refractivity (Wildman–Crippen MR) is 74.6 cm³/mol. The largest absolute Gasteiger partial charge is 0.346 e. The quantitative estimate of drug-likeness (QED) is 0.857. The summed E-state index contributed by atoms with van der Waals surface area (Å²) in [4.78, 5) is 11.3. The lowest BCUT2D eigenvalue weighted by atomic mass is 10.0. The molecule has 0 unspecified atom stereocenters. The lowest BCUT2D eigenvalue weighted by molar-refractivity contribution is 0.354. The van der Waals surface area contributed by atoms with Crippen LogP contribution in [-0.4, -0.2) is 32.0 Å². The van der Waals surface area contributed by atoms with Crippen molar-refractivity contribution in [2.24, 2.45) is 5.92 Å². The first-order chi connectivity index (χ1) is 9.29. The maximum Gasteiger partial charge on any atom is 0.205 e. The normalized spacial score (nSPS) is 19.7. The minimum Gasteiger partial charge on any atom is -0.346 e. The van der Waals surface area contributed by atoms with Gasteiger partial charge in [-0.05, 0) is 19.8 Å². The summed E-state index contributed by atoms with van der Waals surface area (Å²) < 4.78 is 6.70. The van der Waals surface area contributed by atoms with Crippen LogP contribution in [0.25, 0.3) is 0 Å². The second kappa shape index (κ2) is 4.30. The van der Waals surface area contributed by atoms with Gasteiger partial charge in [0, 0.05) is 55.4 Å². The van der Waals surface area contributed by atoms with Crippen LogP contribution in [0.2, 0.25) is 0 Å². The number of imidazole rings is 1. The van der Waals surface area contributed by atoms with E-state index >= 15 is 0 Å². The predicted octanol–water partition coefficient (Wildman–Crippen LogP) is 2.06. The third-order valence-electron chi connectivity index (χ3n) is 3.98. The molecule has 0 spiro atoms. The summed E-state index contributed by atoms with van der Waals surface area (Å²) in [6, 6.07) is 0. The van der Waals surface area contributed by atoms with Gasteiger partial charge in [-0.2, -0.15) is 4.37 Å². The highest BCUT2D eigenvalue weighted by atomic mass is 32.1. The van der Waals surface area contributed by atoms with Gasteiger partial charge in [-0.15, -0.1) is 0 Å². The molecule has 5 nitrogen and oxygen atoms in total. The molecule has 2 fully saturated rings. The molecular weight excluding hydrogens is 258 g/mol. The van der Waals surface area contributed by atoms with Crippen LogP contribution < -0.4 is 4.90 Å². The Labute approximate surface area is 116 Å². The molecule has 2 aliphatic rings. The summed E-state index contributed by atoms with van der Waals surface area (Å²) in [6.45, 7) is 5.31. The topological polar surface area (TPSA) is 46.8 Å². The van der Waals surface area contributed by atoms with Crippen molar-refractivity contribution in [1.29, 1.82) is 0 Å². The van der Waals surface area contributed by atoms with Gasteiger partial charge in [-0.25, -0.2) is 9.97 Å². The van der Waals surface area contributed by atoms with Crippen molar-refractivity contribution < 1.29 is 0 Å². The van der Waals surface area contributed by atoms with Gasteiger partial charge in [-0.1, -0.05) is 0 Å². The first-order valence-corrected chi connectivity index (χ1v) is 7.63. The fraction of sp³-hybridized carbons (Fsp3) is 0.615. The van der Waals surface area contributed by atoms with E-state index in [1.54, 1.807) is 11.5 Å². The molecule has 0 radical (unpaired) electrons. The molecule has 2 aromatic rings. The van der Waals surface area contributed by atoms with Gasteiger partial charge in [0.25, 0.3) is 0 Å². The zero-order chi connectivity index (χ0) is 12.8. The van der Waals surface area contributed by atoms with Crippen LogP contribution in [0, 0.1) is 12.8 Å². The molecule has 0 N–H and O–H groups in total. The molecule has 1 saturated carbocycles. The van der Waals surface area contributed by atoms with E-state index < -0.39 is 0 Å². The molecule has 3 heterocycles. The van der Waals surface area contributed by atoms with Crippen LogP contribution in [0.1, 0.15) is 30.4 Å². The highest BCUT2D eigenvalue weighted by molar-refractivity contribution is 7.09. The molecular formula is C13H17N5S. The third-order valence-corrected chi connectivity index (χ3v) is 4.77. The molecule has 0 bridgehead atoms. The van der Waals surface area contributed by atoms with Crippen LogP contribution in [0.4, 0.5) is 5.13 Å². The molecule has 19 heavy (non-hydrogen) atoms. The molecule has 6 heteroatoms. The van der Waals surface area contributed by atoms with Crippen LogP contribution >= 0.6 is 11.5 Å². The first kappa shape index (κ1) is 11.4. The minimum absolute atomic E-state index is 0.663. The summed E-state index contributed by atoms with van der Waals surface area (Å²) in [6.07, 6.45) is 6.49. The Balaban J connectivity index is 1.35. The number of aryl methyl sites for hydroxylation is 1. The fourth-order valence-corrected chi connectivity index (χ4v) is 3.34. The van der Waals surface area contributed by atoms with Gasteiger partial charge in [0.05, 0.1) is 0 Å². The smallest absolute Gasteiger partial charge is 0.205 e. The van der Waals surface area contributed by atoms with Gasteiger partial charge in [0.1, 0.15) is 11.6 Å². The molecule has 4 rings (SSSR count). The van der Waals surface area contributed by atoms with E-state index in [1.807, 2.05) is 6.20 Å². The Morgan fingerprint density at radius 2 is 2.21 bits per heavy atom. The Morgan fingerprint density at radius 1 is 1.37 bits per heavy atom. The van der Waals surface area contributed by atoms with Gasteiger partial charge >= 0.3 is 0 Å². The summed E-state index contributed by atoms with van der Waals surface area (Å²) in [5, 5.41) is 1.11. The molecule has 0 aromatic carbocycles. The van der Waals surface area contributed by atoms with E-state index in [1.165, 1.54) is 12.8 Å². The number of hydrogen-bond donors (Lipinski definition) is 0. The number of rotatable bonds is 4. The first-order valence-electron chi connectivity index (χ1n) is 6.86. The van der Waals surface area contributed by atoms with E-state index in [-0.39, 0.29) is 0 Å². The number of hydrogen-bond acceptors (Lipinski definition) is 5. The zero-order valence-electron chi connectivity index (χ0n) is 11.0. The summed E-state index contributed by atoms with van der Waals surface area (Å²) >= 11 is 1.56. The molecule has 1 saturated heterocycles. The van der Waals surface area contributed by atoms with Crippen molar-refractivity contribution in [3.63, 3.8) is 0 Å². The van der Waals surface area contributed by atoms with Crippen molar-refractivity contribution in [1.82, 2.24) is 18.9 Å². The van der Waals surface area contributed by atoms with Gasteiger partial charge in [0.2, 0.25) is 5.13 Å². The SMILES string of the molecule is Cc1nccn1CC1CN(c2nc(C3CC3)ns2)C1. The monoisotopic (exact) mass is 275 g/mol. The van der Waals surface area contributed by atoms with Gasteiger partial charge in [0.15, 0.2) is 0 Å². The fourth-order valence-electron chi connectivity index (χ4n) is 2.58. The lowest BCUT2D eigenvalue weighted by Gasteiger charge is -2.39. The Kier molecular flexibility index (Phi) is 2.58. The minimum atomic E-state index is 0.663. The maximum atomic E-state index is 4.66. The third kappa shape index (κ3) is 2.14. The Bertz CT molecular complexity index is 579. The molecule has 2 aromatic heterocycles. The van der Waals surface area contributed by atoms with E-state index in [0.717, 1.165) is 36.4 Å². The van der Waals surface area contributed by atoms with Crippen molar-refractivity contribution in [2.75, 3.05) is 18.0 Å². The van der Waals surface area contributed by atoms with Gasteiger partial charge in [-0.3, -0.25) is 0 Å². The molecule has 1 aliphatic heterocycles. The van der Waals surface area contributed by atoms with Crippen molar-refractivity contribution in [3.05, 3.63) is 24.0 Å². The Hall–Kier alpha value is -1.43. The van der Waals surface area contributed by atoms with Crippen LogP contribution in [-0.2, 0) is 6.54 Å². The van der Waals surface area contributed by atoms with E-state index in [4.69, 9.17) is 0 Å². The zero-order valence-corrected chi connectivity index (χ0v) is 11.8. The summed E-state index contributed by atoms with van der Waals surface area (Å²) in [5.41, 5.74) is 0. The second-order valence-electron chi connectivity index (χ2n) is 5.61. The van der Waals surface area contributed by atoms with Crippen LogP contribution in [0.15, 0.2) is 12.4 Å². The lowest BCUT2D eigenvalue weighted by Crippen LogP contribution is -2.48. The van der Waals surface area contributed by atoms with E-state index in [0.29, 0.717) is 11.8 Å². The number of aromatic nitrogens is 4. The molecule has 1 aliphatic carbocycles. The van der Waals surface area contributed by atoms with Crippen molar-refractivity contribution in [3.8, 4) is 0 Å². The molecule has 0 amide bonds. The highest BCUT2D eigenvalue weighted by Gasteiger charge is 2.32. The second-order valence-corrected chi connectivity index (χ2v) is 6.34. The average molecular weight is 275 g/mol. The highest BCUT2D eigenvalue weighted by Crippen LogP contribution is 2.40. The average Bonchev–Trinajstić information content (AvgIpc) is 2.96. The maximum absolute atomic E-state index is 4.66. The van der Waals surface area contributed by atoms with Crippen molar-refractivity contribution >= 4 is 16.7 Å². The van der Waals surface area contributed by atoms with Gasteiger partial charge < -0.3 is 9.47 Å². The number of nitrogens with zero attached hydrogens (tertiary/aromatic N) is 5. The van der Waals surface area contributed by atoms with Crippen LogP contribution in [0.3, 0.4) is 0 Å².